The molecule has 1 fully saturated rings. The minimum Gasteiger partial charge on any atom is -0.466 e. The lowest BCUT2D eigenvalue weighted by atomic mass is 9.80. The van der Waals surface area contributed by atoms with Gasteiger partial charge >= 0.3 is 5.97 Å². The summed E-state index contributed by atoms with van der Waals surface area (Å²) in [5.74, 6) is 0.498. The maximum atomic E-state index is 10.6. The quantitative estimate of drug-likeness (QED) is 0.677. The highest BCUT2D eigenvalue weighted by atomic mass is 16.5. The average molecular weight is 186 g/mol. The summed E-state index contributed by atoms with van der Waals surface area (Å²) < 4.78 is 4.96. The van der Waals surface area contributed by atoms with Crippen LogP contribution >= 0.6 is 0 Å². The number of esters is 1. The molecule has 0 aromatic rings. The van der Waals surface area contributed by atoms with Crippen LogP contribution < -0.4 is 0 Å². The molecule has 3 heteroatoms. The van der Waals surface area contributed by atoms with Crippen molar-refractivity contribution in [3.63, 3.8) is 0 Å². The molecule has 0 aromatic carbocycles. The summed E-state index contributed by atoms with van der Waals surface area (Å²) >= 11 is 0. The van der Waals surface area contributed by atoms with Gasteiger partial charge in [0.2, 0.25) is 0 Å². The maximum absolute atomic E-state index is 10.6. The van der Waals surface area contributed by atoms with Crippen molar-refractivity contribution in [3.8, 4) is 0 Å². The fourth-order valence-electron chi connectivity index (χ4n) is 1.97. The third kappa shape index (κ3) is 3.35. The van der Waals surface area contributed by atoms with E-state index in [1.54, 1.807) is 0 Å². The first-order valence-corrected chi connectivity index (χ1v) is 4.98. The molecule has 0 aliphatic heterocycles. The fourth-order valence-corrected chi connectivity index (χ4v) is 1.97. The van der Waals surface area contributed by atoms with Gasteiger partial charge in [-0.25, -0.2) is 0 Å². The molecule has 1 aliphatic rings. The maximum Gasteiger partial charge on any atom is 0.302 e. The van der Waals surface area contributed by atoms with Gasteiger partial charge in [0.1, 0.15) is 0 Å². The van der Waals surface area contributed by atoms with Gasteiger partial charge in [0.25, 0.3) is 0 Å². The highest BCUT2D eigenvalue weighted by Gasteiger charge is 2.25. The Morgan fingerprint density at radius 3 is 2.54 bits per heavy atom. The van der Waals surface area contributed by atoms with Crippen LogP contribution in [0.1, 0.15) is 32.6 Å². The first kappa shape index (κ1) is 10.5. The Morgan fingerprint density at radius 1 is 1.38 bits per heavy atom. The molecule has 0 amide bonds. The van der Waals surface area contributed by atoms with Gasteiger partial charge in [-0.05, 0) is 24.7 Å². The Kier molecular flexibility index (Phi) is 4.22. The molecule has 1 N–H and O–H groups in total. The number of hydrogen-bond donors (Lipinski definition) is 1. The summed E-state index contributed by atoms with van der Waals surface area (Å²) in [4.78, 5) is 10.6. The van der Waals surface area contributed by atoms with Crippen LogP contribution in [-0.2, 0) is 9.53 Å². The Labute approximate surface area is 79.1 Å². The predicted molar refractivity (Wildman–Crippen MR) is 49.2 cm³/mol. The average Bonchev–Trinajstić information content (AvgIpc) is 2.15. The Bertz CT molecular complexity index is 168. The lowest BCUT2D eigenvalue weighted by molar-refractivity contribution is -0.143. The number of ether oxygens (including phenoxy) is 1. The van der Waals surface area contributed by atoms with E-state index in [0.717, 1.165) is 12.8 Å². The van der Waals surface area contributed by atoms with Crippen molar-refractivity contribution in [2.75, 3.05) is 13.2 Å². The van der Waals surface area contributed by atoms with Gasteiger partial charge < -0.3 is 9.84 Å². The zero-order valence-electron chi connectivity index (χ0n) is 8.16. The molecule has 0 heterocycles. The number of carbonyl (C=O) groups excluding carboxylic acids is 1. The zero-order valence-corrected chi connectivity index (χ0v) is 8.16. The van der Waals surface area contributed by atoms with Gasteiger partial charge in [0.05, 0.1) is 6.61 Å². The largest absolute Gasteiger partial charge is 0.466 e. The van der Waals surface area contributed by atoms with Crippen LogP contribution in [0.25, 0.3) is 0 Å². The molecule has 1 saturated carbocycles. The third-order valence-electron chi connectivity index (χ3n) is 2.80. The van der Waals surface area contributed by atoms with E-state index < -0.39 is 0 Å². The van der Waals surface area contributed by atoms with Gasteiger partial charge in [-0.3, -0.25) is 4.79 Å². The number of aliphatic hydroxyl groups is 1. The molecule has 76 valence electrons. The van der Waals surface area contributed by atoms with E-state index in [4.69, 9.17) is 9.84 Å². The molecule has 0 unspecified atom stereocenters. The van der Waals surface area contributed by atoms with Gasteiger partial charge in [0, 0.05) is 13.5 Å². The molecule has 0 spiro atoms. The van der Waals surface area contributed by atoms with E-state index in [2.05, 4.69) is 0 Å². The number of rotatable bonds is 3. The minimum absolute atomic E-state index is 0.220. The van der Waals surface area contributed by atoms with E-state index in [1.165, 1.54) is 19.8 Å². The molecule has 0 aromatic heterocycles. The topological polar surface area (TPSA) is 46.5 Å². The first-order chi connectivity index (χ1) is 6.24. The summed E-state index contributed by atoms with van der Waals surface area (Å²) in [6.07, 6.45) is 4.55. The van der Waals surface area contributed by atoms with Crippen LogP contribution in [0, 0.1) is 11.8 Å². The van der Waals surface area contributed by atoms with Crippen LogP contribution in [0.2, 0.25) is 0 Å². The molecular formula is C10H18O3. The zero-order chi connectivity index (χ0) is 9.68. The van der Waals surface area contributed by atoms with E-state index in [-0.39, 0.29) is 12.6 Å². The van der Waals surface area contributed by atoms with Crippen LogP contribution in [-0.4, -0.2) is 24.3 Å². The van der Waals surface area contributed by atoms with Crippen LogP contribution in [0.5, 0.6) is 0 Å². The van der Waals surface area contributed by atoms with Crippen molar-refractivity contribution in [1.82, 2.24) is 0 Å². The smallest absolute Gasteiger partial charge is 0.302 e. The van der Waals surface area contributed by atoms with Crippen molar-refractivity contribution in [1.29, 1.82) is 0 Å². The van der Waals surface area contributed by atoms with Crippen LogP contribution in [0.4, 0.5) is 0 Å². The van der Waals surface area contributed by atoms with E-state index in [9.17, 15) is 4.79 Å². The van der Waals surface area contributed by atoms with Gasteiger partial charge in [0.15, 0.2) is 0 Å². The number of aliphatic hydroxyl groups excluding tert-OH is 1. The Balaban J connectivity index is 2.31. The molecule has 0 saturated heterocycles. The number of carbonyl (C=O) groups is 1. The van der Waals surface area contributed by atoms with Crippen molar-refractivity contribution < 1.29 is 14.6 Å². The normalized spacial score (nSPS) is 28.5. The highest BCUT2D eigenvalue weighted by molar-refractivity contribution is 5.65. The summed E-state index contributed by atoms with van der Waals surface area (Å²) in [6, 6.07) is 0. The van der Waals surface area contributed by atoms with Crippen molar-refractivity contribution in [2.24, 2.45) is 11.8 Å². The highest BCUT2D eigenvalue weighted by Crippen LogP contribution is 2.29. The molecule has 1 aliphatic carbocycles. The van der Waals surface area contributed by atoms with Crippen LogP contribution in [0.3, 0.4) is 0 Å². The van der Waals surface area contributed by atoms with Gasteiger partial charge in [-0.2, -0.15) is 0 Å². The van der Waals surface area contributed by atoms with Crippen molar-refractivity contribution in [2.45, 2.75) is 32.6 Å². The van der Waals surface area contributed by atoms with E-state index in [0.29, 0.717) is 18.4 Å². The molecular weight excluding hydrogens is 168 g/mol. The van der Waals surface area contributed by atoms with Crippen molar-refractivity contribution >= 4 is 5.97 Å². The number of hydrogen-bond acceptors (Lipinski definition) is 3. The third-order valence-corrected chi connectivity index (χ3v) is 2.80. The second-order valence-electron chi connectivity index (χ2n) is 3.79. The van der Waals surface area contributed by atoms with Gasteiger partial charge in [-0.15, -0.1) is 0 Å². The van der Waals surface area contributed by atoms with Gasteiger partial charge in [-0.1, -0.05) is 12.8 Å². The molecule has 0 bridgehead atoms. The fraction of sp³-hybridized carbons (Fsp3) is 0.900. The predicted octanol–water partition coefficient (Wildman–Crippen LogP) is 1.35. The summed E-state index contributed by atoms with van der Waals surface area (Å²) in [5, 5.41) is 9.09. The lowest BCUT2D eigenvalue weighted by Gasteiger charge is -2.29. The molecule has 3 nitrogen and oxygen atoms in total. The standard InChI is InChI=1S/C10H18O3/c1-8(12)13-7-10-5-3-2-4-9(10)6-11/h9-11H,2-7H2,1H3/t9-,10+/m0/s1. The monoisotopic (exact) mass is 186 g/mol. The SMILES string of the molecule is CC(=O)OC[C@H]1CCCC[C@H]1CO. The first-order valence-electron chi connectivity index (χ1n) is 4.98. The lowest BCUT2D eigenvalue weighted by Crippen LogP contribution is -2.27. The Hall–Kier alpha value is -0.570. The summed E-state index contributed by atoms with van der Waals surface area (Å²) in [5.41, 5.74) is 0. The Morgan fingerprint density at radius 2 is 2.00 bits per heavy atom. The molecule has 13 heavy (non-hydrogen) atoms. The minimum atomic E-state index is -0.220. The van der Waals surface area contributed by atoms with E-state index in [1.807, 2.05) is 0 Å². The van der Waals surface area contributed by atoms with Crippen molar-refractivity contribution in [3.05, 3.63) is 0 Å². The molecule has 2 atom stereocenters. The second-order valence-corrected chi connectivity index (χ2v) is 3.79. The van der Waals surface area contributed by atoms with Crippen LogP contribution in [0.15, 0.2) is 0 Å². The molecule has 1 rings (SSSR count). The van der Waals surface area contributed by atoms with E-state index >= 15 is 0 Å². The second kappa shape index (κ2) is 5.22. The molecule has 0 radical (unpaired) electrons. The summed E-state index contributed by atoms with van der Waals surface area (Å²) in [6.45, 7) is 2.14. The summed E-state index contributed by atoms with van der Waals surface area (Å²) in [7, 11) is 0.